The molecule has 1 aliphatic rings. The van der Waals surface area contributed by atoms with E-state index in [4.69, 9.17) is 15.0 Å². The number of aromatic nitrogens is 3. The molecule has 0 N–H and O–H groups in total. The zero-order valence-corrected chi connectivity index (χ0v) is 28.9. The Kier molecular flexibility index (Phi) is 7.36. The van der Waals surface area contributed by atoms with Gasteiger partial charge < -0.3 is 0 Å². The highest BCUT2D eigenvalue weighted by molar-refractivity contribution is 5.95. The summed E-state index contributed by atoms with van der Waals surface area (Å²) >= 11 is 0. The van der Waals surface area contributed by atoms with Crippen molar-refractivity contribution in [1.82, 2.24) is 15.0 Å². The predicted octanol–water partition coefficient (Wildman–Crippen LogP) is 12.1. The summed E-state index contributed by atoms with van der Waals surface area (Å²) in [5.74, 6) is 1.92. The van der Waals surface area contributed by atoms with Crippen molar-refractivity contribution >= 4 is 10.8 Å². The maximum atomic E-state index is 5.26. The van der Waals surface area contributed by atoms with Crippen LogP contribution in [0.5, 0.6) is 0 Å². The molecule has 8 aromatic carbocycles. The van der Waals surface area contributed by atoms with E-state index < -0.39 is 5.41 Å². The lowest BCUT2D eigenvalue weighted by molar-refractivity contribution is 0.768. The van der Waals surface area contributed by atoms with E-state index in [1.807, 2.05) is 6.07 Å². The minimum atomic E-state index is -0.522. The van der Waals surface area contributed by atoms with Crippen LogP contribution in [0.4, 0.5) is 0 Å². The van der Waals surface area contributed by atoms with E-state index in [9.17, 15) is 0 Å². The molecular formula is C50H33N3. The molecule has 0 fully saturated rings. The molecule has 10 rings (SSSR count). The van der Waals surface area contributed by atoms with Gasteiger partial charge in [-0.25, -0.2) is 15.0 Å². The second kappa shape index (κ2) is 12.7. The first-order valence-corrected chi connectivity index (χ1v) is 18.0. The molecule has 9 aromatic rings. The Morgan fingerprint density at radius 3 is 1.53 bits per heavy atom. The number of rotatable bonds is 6. The zero-order valence-electron chi connectivity index (χ0n) is 28.9. The summed E-state index contributed by atoms with van der Waals surface area (Å²) in [7, 11) is 0. The van der Waals surface area contributed by atoms with Crippen LogP contribution in [0.25, 0.3) is 67.2 Å². The van der Waals surface area contributed by atoms with E-state index in [2.05, 4.69) is 194 Å². The van der Waals surface area contributed by atoms with Crippen LogP contribution in [0, 0.1) is 0 Å². The number of hydrogen-bond donors (Lipinski definition) is 0. The lowest BCUT2D eigenvalue weighted by Crippen LogP contribution is -2.28. The second-order valence-electron chi connectivity index (χ2n) is 13.6. The molecule has 0 aliphatic heterocycles. The first kappa shape index (κ1) is 30.8. The van der Waals surface area contributed by atoms with E-state index in [1.165, 1.54) is 38.9 Å². The van der Waals surface area contributed by atoms with Crippen LogP contribution in [0.2, 0.25) is 0 Å². The van der Waals surface area contributed by atoms with Crippen LogP contribution in [0.1, 0.15) is 22.3 Å². The van der Waals surface area contributed by atoms with Gasteiger partial charge in [-0.1, -0.05) is 194 Å². The van der Waals surface area contributed by atoms with Crippen molar-refractivity contribution in [3.63, 3.8) is 0 Å². The molecule has 1 aromatic heterocycles. The summed E-state index contributed by atoms with van der Waals surface area (Å²) in [6.45, 7) is 0. The van der Waals surface area contributed by atoms with Crippen LogP contribution in [-0.2, 0) is 5.41 Å². The molecule has 3 nitrogen and oxygen atoms in total. The number of fused-ring (bicyclic) bond motifs is 4. The van der Waals surface area contributed by atoms with E-state index in [0.29, 0.717) is 17.5 Å². The Morgan fingerprint density at radius 2 is 0.792 bits per heavy atom. The molecule has 53 heavy (non-hydrogen) atoms. The third-order valence-electron chi connectivity index (χ3n) is 10.6. The number of hydrogen-bond acceptors (Lipinski definition) is 3. The predicted molar refractivity (Wildman–Crippen MR) is 216 cm³/mol. The molecule has 0 spiro atoms. The van der Waals surface area contributed by atoms with Crippen LogP contribution in [0.15, 0.2) is 200 Å². The van der Waals surface area contributed by atoms with Gasteiger partial charge in [-0.15, -0.1) is 0 Å². The number of benzene rings is 8. The SMILES string of the molecule is c1ccc(-c2ccc(-c3nc(-c4ccc5c(c4)C(c4ccccc4)(c4ccccc4)c4ccccc4-5)nc(-c4cccc5ccccc45)n3)cc2)cc1. The highest BCUT2D eigenvalue weighted by Crippen LogP contribution is 2.56. The molecule has 248 valence electrons. The summed E-state index contributed by atoms with van der Waals surface area (Å²) in [5.41, 5.74) is 12.1. The smallest absolute Gasteiger partial charge is 0.164 e. The van der Waals surface area contributed by atoms with Crippen LogP contribution in [0.3, 0.4) is 0 Å². The van der Waals surface area contributed by atoms with Crippen LogP contribution >= 0.6 is 0 Å². The van der Waals surface area contributed by atoms with Crippen molar-refractivity contribution in [3.8, 4) is 56.4 Å². The lowest BCUT2D eigenvalue weighted by atomic mass is 9.67. The summed E-state index contributed by atoms with van der Waals surface area (Å²) in [5, 5.41) is 2.25. The fourth-order valence-corrected chi connectivity index (χ4v) is 8.20. The summed E-state index contributed by atoms with van der Waals surface area (Å²) in [6.07, 6.45) is 0. The molecule has 0 atom stereocenters. The van der Waals surface area contributed by atoms with Crippen LogP contribution < -0.4 is 0 Å². The molecule has 0 radical (unpaired) electrons. The first-order chi connectivity index (χ1) is 26.3. The molecule has 0 bridgehead atoms. The quantitative estimate of drug-likeness (QED) is 0.176. The zero-order chi connectivity index (χ0) is 35.2. The highest BCUT2D eigenvalue weighted by atomic mass is 15.0. The van der Waals surface area contributed by atoms with Gasteiger partial charge in [-0.2, -0.15) is 0 Å². The Labute approximate surface area is 309 Å². The molecule has 0 saturated carbocycles. The third-order valence-corrected chi connectivity index (χ3v) is 10.6. The van der Waals surface area contributed by atoms with Gasteiger partial charge in [0.25, 0.3) is 0 Å². The monoisotopic (exact) mass is 675 g/mol. The van der Waals surface area contributed by atoms with E-state index in [-0.39, 0.29) is 0 Å². The second-order valence-corrected chi connectivity index (χ2v) is 13.6. The molecule has 1 aliphatic carbocycles. The van der Waals surface area contributed by atoms with Gasteiger partial charge in [0, 0.05) is 16.7 Å². The fourth-order valence-electron chi connectivity index (χ4n) is 8.20. The first-order valence-electron chi connectivity index (χ1n) is 18.0. The minimum Gasteiger partial charge on any atom is -0.208 e. The van der Waals surface area contributed by atoms with Gasteiger partial charge in [0.1, 0.15) is 0 Å². The summed E-state index contributed by atoms with van der Waals surface area (Å²) < 4.78 is 0. The molecular weight excluding hydrogens is 643 g/mol. The maximum Gasteiger partial charge on any atom is 0.164 e. The normalized spacial score (nSPS) is 12.7. The van der Waals surface area contributed by atoms with Gasteiger partial charge in [0.15, 0.2) is 17.5 Å². The third kappa shape index (κ3) is 5.09. The Hall–Kier alpha value is -6.97. The topological polar surface area (TPSA) is 38.7 Å². The van der Waals surface area contributed by atoms with Crippen molar-refractivity contribution in [1.29, 1.82) is 0 Å². The van der Waals surface area contributed by atoms with Crippen LogP contribution in [-0.4, -0.2) is 15.0 Å². The van der Waals surface area contributed by atoms with Crippen molar-refractivity contribution in [2.75, 3.05) is 0 Å². The van der Waals surface area contributed by atoms with Crippen molar-refractivity contribution < 1.29 is 0 Å². The molecule has 0 amide bonds. The Bertz CT molecular complexity index is 2710. The van der Waals surface area contributed by atoms with Gasteiger partial charge in [-0.05, 0) is 61.3 Å². The standard InChI is InChI=1S/C50H33N3/c1-4-15-34(16-5-1)35-27-29-37(30-28-35)47-51-48(53-49(52-47)44-25-14-18-36-17-10-11-23-41(36)44)38-31-32-43-42-24-12-13-26-45(42)50(46(43)33-38,39-19-6-2-7-20-39)40-21-8-3-9-22-40/h1-33H. The van der Waals surface area contributed by atoms with Crippen molar-refractivity contribution in [2.24, 2.45) is 0 Å². The summed E-state index contributed by atoms with van der Waals surface area (Å²) in [4.78, 5) is 15.6. The molecule has 0 unspecified atom stereocenters. The number of nitrogens with zero attached hydrogens (tertiary/aromatic N) is 3. The molecule has 3 heteroatoms. The Morgan fingerprint density at radius 1 is 0.302 bits per heavy atom. The molecule has 0 saturated heterocycles. The molecule has 1 heterocycles. The van der Waals surface area contributed by atoms with Gasteiger partial charge in [0.05, 0.1) is 5.41 Å². The van der Waals surface area contributed by atoms with E-state index in [1.54, 1.807) is 0 Å². The Balaban J connectivity index is 1.20. The fraction of sp³-hybridized carbons (Fsp3) is 0.0200. The average molecular weight is 676 g/mol. The van der Waals surface area contributed by atoms with Gasteiger partial charge >= 0.3 is 0 Å². The summed E-state index contributed by atoms with van der Waals surface area (Å²) in [6, 6.07) is 71.0. The minimum absolute atomic E-state index is 0.522. The van der Waals surface area contributed by atoms with Gasteiger partial charge in [0.2, 0.25) is 0 Å². The highest BCUT2D eigenvalue weighted by Gasteiger charge is 2.46. The lowest BCUT2D eigenvalue weighted by Gasteiger charge is -2.34. The van der Waals surface area contributed by atoms with Gasteiger partial charge in [-0.3, -0.25) is 0 Å². The largest absolute Gasteiger partial charge is 0.208 e. The average Bonchev–Trinajstić information content (AvgIpc) is 3.55. The van der Waals surface area contributed by atoms with E-state index in [0.717, 1.165) is 33.0 Å². The maximum absolute atomic E-state index is 5.26. The van der Waals surface area contributed by atoms with Crippen molar-refractivity contribution in [3.05, 3.63) is 222 Å². The van der Waals surface area contributed by atoms with Crippen molar-refractivity contribution in [2.45, 2.75) is 5.41 Å². The van der Waals surface area contributed by atoms with E-state index >= 15 is 0 Å².